The van der Waals surface area contributed by atoms with Crippen molar-refractivity contribution in [1.29, 1.82) is 0 Å². The maximum absolute atomic E-state index is 5.51. The maximum Gasteiger partial charge on any atom is 0.276 e. The Morgan fingerprint density at radius 1 is 1.33 bits per heavy atom. The van der Waals surface area contributed by atoms with Gasteiger partial charge in [-0.15, -0.1) is 16.8 Å². The second-order valence-corrected chi connectivity index (χ2v) is 4.56. The van der Waals surface area contributed by atoms with Crippen molar-refractivity contribution in [3.05, 3.63) is 48.4 Å². The number of ether oxygens (including phenoxy) is 1. The fraction of sp³-hybridized carbons (Fsp3) is 0.231. The molecule has 18 heavy (non-hydrogen) atoms. The molecule has 0 aliphatic rings. The van der Waals surface area contributed by atoms with Crippen LogP contribution in [0, 0.1) is 0 Å². The summed E-state index contributed by atoms with van der Waals surface area (Å²) in [5.41, 5.74) is 1.11. The molecule has 2 rings (SSSR count). The summed E-state index contributed by atoms with van der Waals surface area (Å²) in [4.78, 5) is 0. The van der Waals surface area contributed by atoms with Gasteiger partial charge in [-0.1, -0.05) is 30.0 Å². The van der Waals surface area contributed by atoms with E-state index in [0.29, 0.717) is 17.5 Å². The van der Waals surface area contributed by atoms with E-state index in [-0.39, 0.29) is 0 Å². The van der Waals surface area contributed by atoms with Crippen LogP contribution in [0.2, 0.25) is 0 Å². The summed E-state index contributed by atoms with van der Waals surface area (Å²) >= 11 is 1.48. The van der Waals surface area contributed by atoms with Gasteiger partial charge in [-0.25, -0.2) is 0 Å². The van der Waals surface area contributed by atoms with E-state index in [0.717, 1.165) is 17.1 Å². The number of thioether (sulfide) groups is 1. The first kappa shape index (κ1) is 12.7. The van der Waals surface area contributed by atoms with Crippen molar-refractivity contribution < 1.29 is 9.15 Å². The van der Waals surface area contributed by atoms with E-state index in [2.05, 4.69) is 16.8 Å². The molecule has 0 bridgehead atoms. The third-order valence-electron chi connectivity index (χ3n) is 2.29. The predicted octanol–water partition coefficient (Wildman–Crippen LogP) is 2.95. The summed E-state index contributed by atoms with van der Waals surface area (Å²) in [6.07, 6.45) is 2.43. The predicted molar refractivity (Wildman–Crippen MR) is 71.0 cm³/mol. The minimum Gasteiger partial charge on any atom is -0.497 e. The van der Waals surface area contributed by atoms with Crippen LogP contribution in [-0.4, -0.2) is 23.1 Å². The molecule has 0 saturated heterocycles. The molecule has 0 fully saturated rings. The molecular weight excluding hydrogens is 248 g/mol. The lowest BCUT2D eigenvalue weighted by atomic mass is 10.1. The van der Waals surface area contributed by atoms with Crippen LogP contribution in [0.5, 0.6) is 5.75 Å². The standard InChI is InChI=1S/C13H14N2O2S/c1-3-8-18-13-15-14-12(17-13)9-10-4-6-11(16-2)7-5-10/h3-7H,1,8-9H2,2H3. The van der Waals surface area contributed by atoms with Gasteiger partial charge in [0.1, 0.15) is 5.75 Å². The average molecular weight is 262 g/mol. The molecule has 0 aliphatic carbocycles. The summed E-state index contributed by atoms with van der Waals surface area (Å²) < 4.78 is 10.6. The van der Waals surface area contributed by atoms with Crippen molar-refractivity contribution in [2.24, 2.45) is 0 Å². The van der Waals surface area contributed by atoms with Crippen molar-refractivity contribution in [2.75, 3.05) is 12.9 Å². The summed E-state index contributed by atoms with van der Waals surface area (Å²) in [7, 11) is 1.65. The molecule has 1 aromatic carbocycles. The molecule has 0 saturated carbocycles. The highest BCUT2D eigenvalue weighted by molar-refractivity contribution is 7.99. The summed E-state index contributed by atoms with van der Waals surface area (Å²) in [6.45, 7) is 3.64. The first-order valence-electron chi connectivity index (χ1n) is 5.51. The number of aromatic nitrogens is 2. The summed E-state index contributed by atoms with van der Waals surface area (Å²) in [6, 6.07) is 7.80. The van der Waals surface area contributed by atoms with Crippen LogP contribution in [0.4, 0.5) is 0 Å². The van der Waals surface area contributed by atoms with Gasteiger partial charge in [-0.2, -0.15) is 0 Å². The lowest BCUT2D eigenvalue weighted by Gasteiger charge is -2.00. The van der Waals surface area contributed by atoms with Crippen molar-refractivity contribution >= 4 is 11.8 Å². The molecule has 4 nitrogen and oxygen atoms in total. The third kappa shape index (κ3) is 3.37. The summed E-state index contributed by atoms with van der Waals surface area (Å²) in [5, 5.41) is 8.54. The zero-order valence-corrected chi connectivity index (χ0v) is 10.9. The number of rotatable bonds is 6. The molecule has 0 unspecified atom stereocenters. The molecule has 0 aliphatic heterocycles. The highest BCUT2D eigenvalue weighted by Gasteiger charge is 2.06. The first-order valence-corrected chi connectivity index (χ1v) is 6.49. The van der Waals surface area contributed by atoms with Crippen LogP contribution in [0.3, 0.4) is 0 Å². The Kier molecular flexibility index (Phi) is 4.41. The zero-order chi connectivity index (χ0) is 12.8. The molecular formula is C13H14N2O2S. The van der Waals surface area contributed by atoms with E-state index in [1.165, 1.54) is 11.8 Å². The second kappa shape index (κ2) is 6.26. The number of nitrogens with zero attached hydrogens (tertiary/aromatic N) is 2. The number of methoxy groups -OCH3 is 1. The third-order valence-corrected chi connectivity index (χ3v) is 3.10. The quantitative estimate of drug-likeness (QED) is 0.591. The highest BCUT2D eigenvalue weighted by atomic mass is 32.2. The van der Waals surface area contributed by atoms with E-state index in [4.69, 9.17) is 9.15 Å². The Morgan fingerprint density at radius 3 is 2.78 bits per heavy atom. The zero-order valence-electron chi connectivity index (χ0n) is 10.1. The van der Waals surface area contributed by atoms with Gasteiger partial charge in [0.2, 0.25) is 5.89 Å². The smallest absolute Gasteiger partial charge is 0.276 e. The van der Waals surface area contributed by atoms with Gasteiger partial charge in [-0.3, -0.25) is 0 Å². The van der Waals surface area contributed by atoms with Crippen LogP contribution in [0.1, 0.15) is 11.5 Å². The normalized spacial score (nSPS) is 10.3. The largest absolute Gasteiger partial charge is 0.497 e. The Hall–Kier alpha value is -1.75. The van der Waals surface area contributed by atoms with E-state index in [1.807, 2.05) is 24.3 Å². The fourth-order valence-electron chi connectivity index (χ4n) is 1.42. The molecule has 5 heteroatoms. The van der Waals surface area contributed by atoms with Crippen molar-refractivity contribution in [2.45, 2.75) is 11.6 Å². The SMILES string of the molecule is C=CCSc1nnc(Cc2ccc(OC)cc2)o1. The molecule has 94 valence electrons. The van der Waals surface area contributed by atoms with Gasteiger partial charge in [0, 0.05) is 5.75 Å². The molecule has 0 amide bonds. The van der Waals surface area contributed by atoms with Gasteiger partial charge < -0.3 is 9.15 Å². The van der Waals surface area contributed by atoms with Gasteiger partial charge in [0.25, 0.3) is 5.22 Å². The maximum atomic E-state index is 5.51. The molecule has 1 aromatic heterocycles. The Labute approximate surface area is 110 Å². The number of benzene rings is 1. The minimum atomic E-state index is 0.582. The minimum absolute atomic E-state index is 0.582. The first-order chi connectivity index (χ1) is 8.81. The van der Waals surface area contributed by atoms with Crippen LogP contribution >= 0.6 is 11.8 Å². The summed E-state index contributed by atoms with van der Waals surface area (Å²) in [5.74, 6) is 2.22. The van der Waals surface area contributed by atoms with Crippen LogP contribution in [-0.2, 0) is 6.42 Å². The van der Waals surface area contributed by atoms with Crippen molar-refractivity contribution in [1.82, 2.24) is 10.2 Å². The molecule has 1 heterocycles. The Morgan fingerprint density at radius 2 is 2.11 bits per heavy atom. The van der Waals surface area contributed by atoms with Crippen LogP contribution in [0.15, 0.2) is 46.6 Å². The van der Waals surface area contributed by atoms with Gasteiger partial charge in [0.15, 0.2) is 0 Å². The number of hydrogen-bond donors (Lipinski definition) is 0. The van der Waals surface area contributed by atoms with Crippen LogP contribution < -0.4 is 4.74 Å². The molecule has 0 radical (unpaired) electrons. The fourth-order valence-corrected chi connectivity index (χ4v) is 1.93. The molecule has 0 N–H and O–H groups in total. The lowest BCUT2D eigenvalue weighted by molar-refractivity contribution is 0.413. The van der Waals surface area contributed by atoms with Gasteiger partial charge >= 0.3 is 0 Å². The van der Waals surface area contributed by atoms with Crippen molar-refractivity contribution in [3.63, 3.8) is 0 Å². The molecule has 2 aromatic rings. The van der Waals surface area contributed by atoms with Crippen molar-refractivity contribution in [3.8, 4) is 5.75 Å². The topological polar surface area (TPSA) is 48.2 Å². The number of hydrogen-bond acceptors (Lipinski definition) is 5. The lowest BCUT2D eigenvalue weighted by Crippen LogP contribution is -1.89. The Bertz CT molecular complexity index is 508. The Balaban J connectivity index is 1.99. The van der Waals surface area contributed by atoms with Crippen LogP contribution in [0.25, 0.3) is 0 Å². The van der Waals surface area contributed by atoms with E-state index in [1.54, 1.807) is 13.2 Å². The average Bonchev–Trinajstić information content (AvgIpc) is 2.85. The monoisotopic (exact) mass is 262 g/mol. The molecule has 0 spiro atoms. The van der Waals surface area contributed by atoms with Gasteiger partial charge in [0.05, 0.1) is 13.5 Å². The van der Waals surface area contributed by atoms with E-state index >= 15 is 0 Å². The second-order valence-electron chi connectivity index (χ2n) is 3.59. The van der Waals surface area contributed by atoms with E-state index < -0.39 is 0 Å². The molecule has 0 atom stereocenters. The van der Waals surface area contributed by atoms with E-state index in [9.17, 15) is 0 Å². The highest BCUT2D eigenvalue weighted by Crippen LogP contribution is 2.18. The van der Waals surface area contributed by atoms with Gasteiger partial charge in [-0.05, 0) is 17.7 Å².